The lowest BCUT2D eigenvalue weighted by Gasteiger charge is -2.11. The summed E-state index contributed by atoms with van der Waals surface area (Å²) in [5.74, 6) is 2.67. The Labute approximate surface area is 195 Å². The number of thioether (sulfide) groups is 1. The first-order valence-electron chi connectivity index (χ1n) is 10.4. The SMILES string of the molecule is CCOc1ccc(-n2c(SCCCc3ccccc3)nnc2-c2ccc(Br)cc2)cc1. The van der Waals surface area contributed by atoms with Crippen molar-refractivity contribution in [2.24, 2.45) is 0 Å². The first-order valence-corrected chi connectivity index (χ1v) is 12.1. The lowest BCUT2D eigenvalue weighted by molar-refractivity contribution is 0.340. The summed E-state index contributed by atoms with van der Waals surface area (Å²) in [7, 11) is 0. The van der Waals surface area contributed by atoms with Gasteiger partial charge in [0.05, 0.1) is 6.61 Å². The third-order valence-electron chi connectivity index (χ3n) is 4.83. The maximum absolute atomic E-state index is 5.61. The topological polar surface area (TPSA) is 39.9 Å². The molecule has 158 valence electrons. The van der Waals surface area contributed by atoms with Crippen molar-refractivity contribution in [2.75, 3.05) is 12.4 Å². The number of benzene rings is 3. The van der Waals surface area contributed by atoms with E-state index >= 15 is 0 Å². The van der Waals surface area contributed by atoms with Crippen molar-refractivity contribution in [1.82, 2.24) is 14.8 Å². The van der Waals surface area contributed by atoms with Gasteiger partial charge in [0, 0.05) is 21.5 Å². The van der Waals surface area contributed by atoms with E-state index < -0.39 is 0 Å². The molecule has 0 saturated carbocycles. The fraction of sp³-hybridized carbons (Fsp3) is 0.200. The van der Waals surface area contributed by atoms with E-state index in [4.69, 9.17) is 4.74 Å². The van der Waals surface area contributed by atoms with E-state index in [1.54, 1.807) is 11.8 Å². The quantitative estimate of drug-likeness (QED) is 0.189. The molecule has 6 heteroatoms. The molecular weight excluding hydrogens is 470 g/mol. The summed E-state index contributed by atoms with van der Waals surface area (Å²) in [5, 5.41) is 9.96. The van der Waals surface area contributed by atoms with Gasteiger partial charge in [-0.2, -0.15) is 0 Å². The molecular formula is C25H24BrN3OS. The summed E-state index contributed by atoms with van der Waals surface area (Å²) >= 11 is 5.25. The Morgan fingerprint density at radius 1 is 0.903 bits per heavy atom. The molecule has 4 aromatic rings. The predicted octanol–water partition coefficient (Wildman–Crippen LogP) is 6.82. The van der Waals surface area contributed by atoms with Gasteiger partial charge >= 0.3 is 0 Å². The zero-order valence-electron chi connectivity index (χ0n) is 17.4. The Morgan fingerprint density at radius 3 is 2.35 bits per heavy atom. The van der Waals surface area contributed by atoms with Crippen LogP contribution in [0.3, 0.4) is 0 Å². The first-order chi connectivity index (χ1) is 15.2. The van der Waals surface area contributed by atoms with Gasteiger partial charge in [-0.1, -0.05) is 70.2 Å². The van der Waals surface area contributed by atoms with Gasteiger partial charge in [-0.05, 0) is 61.7 Å². The van der Waals surface area contributed by atoms with Crippen LogP contribution in [-0.2, 0) is 6.42 Å². The number of nitrogens with zero attached hydrogens (tertiary/aromatic N) is 3. The molecule has 0 bridgehead atoms. The molecule has 4 rings (SSSR count). The number of aryl methyl sites for hydroxylation is 1. The van der Waals surface area contributed by atoms with Gasteiger partial charge in [-0.25, -0.2) is 0 Å². The monoisotopic (exact) mass is 493 g/mol. The molecule has 0 radical (unpaired) electrons. The summed E-state index contributed by atoms with van der Waals surface area (Å²) in [6, 6.07) is 26.9. The van der Waals surface area contributed by atoms with Gasteiger partial charge < -0.3 is 4.74 Å². The highest BCUT2D eigenvalue weighted by Gasteiger charge is 2.16. The van der Waals surface area contributed by atoms with Crippen molar-refractivity contribution in [3.8, 4) is 22.8 Å². The molecule has 0 fully saturated rings. The average Bonchev–Trinajstić information content (AvgIpc) is 3.22. The van der Waals surface area contributed by atoms with Crippen LogP contribution < -0.4 is 4.74 Å². The van der Waals surface area contributed by atoms with Crippen LogP contribution in [0.2, 0.25) is 0 Å². The smallest absolute Gasteiger partial charge is 0.196 e. The van der Waals surface area contributed by atoms with Crippen LogP contribution in [0, 0.1) is 0 Å². The molecule has 0 unspecified atom stereocenters. The Balaban J connectivity index is 1.57. The fourth-order valence-electron chi connectivity index (χ4n) is 3.32. The van der Waals surface area contributed by atoms with Gasteiger partial charge in [0.2, 0.25) is 0 Å². The van der Waals surface area contributed by atoms with E-state index in [9.17, 15) is 0 Å². The molecule has 0 aliphatic rings. The van der Waals surface area contributed by atoms with E-state index in [1.165, 1.54) is 5.56 Å². The number of aromatic nitrogens is 3. The maximum Gasteiger partial charge on any atom is 0.196 e. The molecule has 4 nitrogen and oxygen atoms in total. The molecule has 1 heterocycles. The molecule has 0 amide bonds. The summed E-state index contributed by atoms with van der Waals surface area (Å²) in [6.07, 6.45) is 2.14. The number of rotatable bonds is 9. The highest BCUT2D eigenvalue weighted by atomic mass is 79.9. The minimum Gasteiger partial charge on any atom is -0.494 e. The van der Waals surface area contributed by atoms with Gasteiger partial charge in [0.15, 0.2) is 11.0 Å². The molecule has 3 aromatic carbocycles. The molecule has 0 aliphatic heterocycles. The van der Waals surface area contributed by atoms with Crippen LogP contribution in [0.25, 0.3) is 17.1 Å². The Morgan fingerprint density at radius 2 is 1.65 bits per heavy atom. The second kappa shape index (κ2) is 10.6. The van der Waals surface area contributed by atoms with E-state index in [2.05, 4.69) is 85.3 Å². The standard InChI is InChI=1S/C25H24BrN3OS/c1-2-30-23-16-14-22(15-17-23)29-24(20-10-12-21(26)13-11-20)27-28-25(29)31-18-6-9-19-7-4-3-5-8-19/h3-5,7-8,10-17H,2,6,9,18H2,1H3. The highest BCUT2D eigenvalue weighted by molar-refractivity contribution is 9.10. The molecule has 0 aliphatic carbocycles. The zero-order chi connectivity index (χ0) is 21.5. The predicted molar refractivity (Wildman–Crippen MR) is 131 cm³/mol. The Kier molecular flexibility index (Phi) is 7.43. The maximum atomic E-state index is 5.61. The van der Waals surface area contributed by atoms with E-state index in [0.717, 1.165) is 51.0 Å². The first kappa shape index (κ1) is 21.7. The van der Waals surface area contributed by atoms with Gasteiger partial charge in [-0.3, -0.25) is 4.57 Å². The lowest BCUT2D eigenvalue weighted by atomic mass is 10.1. The summed E-state index contributed by atoms with van der Waals surface area (Å²) in [5.41, 5.74) is 3.42. The van der Waals surface area contributed by atoms with Gasteiger partial charge in [-0.15, -0.1) is 10.2 Å². The van der Waals surface area contributed by atoms with Crippen molar-refractivity contribution < 1.29 is 4.74 Å². The van der Waals surface area contributed by atoms with Crippen LogP contribution >= 0.6 is 27.7 Å². The van der Waals surface area contributed by atoms with Gasteiger partial charge in [0.1, 0.15) is 5.75 Å². The van der Waals surface area contributed by atoms with Crippen molar-refractivity contribution in [3.63, 3.8) is 0 Å². The fourth-order valence-corrected chi connectivity index (χ4v) is 4.48. The van der Waals surface area contributed by atoms with Crippen molar-refractivity contribution in [3.05, 3.63) is 88.9 Å². The number of hydrogen-bond acceptors (Lipinski definition) is 4. The second-order valence-corrected chi connectivity index (χ2v) is 8.99. The lowest BCUT2D eigenvalue weighted by Crippen LogP contribution is -2.01. The Bertz CT molecular complexity index is 1100. The normalized spacial score (nSPS) is 10.9. The van der Waals surface area contributed by atoms with Crippen LogP contribution in [0.1, 0.15) is 18.9 Å². The summed E-state index contributed by atoms with van der Waals surface area (Å²) in [4.78, 5) is 0. The van der Waals surface area contributed by atoms with E-state index in [1.807, 2.05) is 31.2 Å². The third-order valence-corrected chi connectivity index (χ3v) is 6.37. The van der Waals surface area contributed by atoms with Crippen LogP contribution in [0.4, 0.5) is 0 Å². The van der Waals surface area contributed by atoms with Crippen LogP contribution in [-0.4, -0.2) is 27.1 Å². The van der Waals surface area contributed by atoms with E-state index in [0.29, 0.717) is 6.61 Å². The van der Waals surface area contributed by atoms with Crippen molar-refractivity contribution >= 4 is 27.7 Å². The number of ether oxygens (including phenoxy) is 1. The van der Waals surface area contributed by atoms with Crippen LogP contribution in [0.15, 0.2) is 88.5 Å². The molecule has 0 spiro atoms. The van der Waals surface area contributed by atoms with E-state index in [-0.39, 0.29) is 0 Å². The Hall–Kier alpha value is -2.57. The van der Waals surface area contributed by atoms with Crippen molar-refractivity contribution in [2.45, 2.75) is 24.9 Å². The molecule has 0 saturated heterocycles. The number of halogens is 1. The molecule has 0 N–H and O–H groups in total. The summed E-state index contributed by atoms with van der Waals surface area (Å²) < 4.78 is 8.78. The van der Waals surface area contributed by atoms with Gasteiger partial charge in [0.25, 0.3) is 0 Å². The minimum atomic E-state index is 0.651. The summed E-state index contributed by atoms with van der Waals surface area (Å²) in [6.45, 7) is 2.64. The van der Waals surface area contributed by atoms with Crippen molar-refractivity contribution in [1.29, 1.82) is 0 Å². The van der Waals surface area contributed by atoms with Crippen LogP contribution in [0.5, 0.6) is 5.75 Å². The number of hydrogen-bond donors (Lipinski definition) is 0. The highest BCUT2D eigenvalue weighted by Crippen LogP contribution is 2.30. The zero-order valence-corrected chi connectivity index (χ0v) is 19.8. The molecule has 0 atom stereocenters. The molecule has 1 aromatic heterocycles. The molecule has 31 heavy (non-hydrogen) atoms. The largest absolute Gasteiger partial charge is 0.494 e. The third kappa shape index (κ3) is 5.57. The minimum absolute atomic E-state index is 0.651. The average molecular weight is 494 g/mol. The second-order valence-electron chi connectivity index (χ2n) is 7.01.